The lowest BCUT2D eigenvalue weighted by atomic mass is 9.83. The Hall–Kier alpha value is -4.80. The van der Waals surface area contributed by atoms with E-state index in [4.69, 9.17) is 14.5 Å². The van der Waals surface area contributed by atoms with E-state index < -0.39 is 11.0 Å². The second-order valence-corrected chi connectivity index (χ2v) is 12.6. The summed E-state index contributed by atoms with van der Waals surface area (Å²) in [4.78, 5) is 31.0. The van der Waals surface area contributed by atoms with Crippen molar-refractivity contribution in [2.45, 2.75) is 25.5 Å². The van der Waals surface area contributed by atoms with Crippen LogP contribution in [0.1, 0.15) is 40.3 Å². The summed E-state index contributed by atoms with van der Waals surface area (Å²) >= 11 is 4.93. The smallest absolute Gasteiger partial charge is 0.271 e. The van der Waals surface area contributed by atoms with Gasteiger partial charge in [-0.2, -0.15) is 0 Å². The number of nitro benzene ring substituents is 1. The van der Waals surface area contributed by atoms with E-state index in [-0.39, 0.29) is 11.2 Å². The zero-order valence-corrected chi connectivity index (χ0v) is 26.5. The van der Waals surface area contributed by atoms with Crippen LogP contribution in [0.25, 0.3) is 11.8 Å². The number of aromatic nitrogens is 1. The van der Waals surface area contributed by atoms with Gasteiger partial charge in [0.2, 0.25) is 0 Å². The first-order valence-electron chi connectivity index (χ1n) is 14.3. The van der Waals surface area contributed by atoms with Gasteiger partial charge in [0, 0.05) is 17.7 Å². The van der Waals surface area contributed by atoms with Crippen molar-refractivity contribution in [3.63, 3.8) is 0 Å². The van der Waals surface area contributed by atoms with Crippen LogP contribution in [0.4, 0.5) is 5.69 Å². The molecule has 1 aliphatic heterocycles. The number of benzene rings is 4. The number of ether oxygens (including phenoxy) is 2. The molecule has 0 amide bonds. The van der Waals surface area contributed by atoms with Gasteiger partial charge in [-0.3, -0.25) is 19.5 Å². The second-order valence-electron chi connectivity index (χ2n) is 10.8. The molecule has 7 rings (SSSR count). The zero-order valence-electron chi connectivity index (χ0n) is 24.1. The first-order valence-corrected chi connectivity index (χ1v) is 15.9. The number of methoxy groups -OCH3 is 1. The van der Waals surface area contributed by atoms with E-state index in [2.05, 4.69) is 28.1 Å². The quantitative estimate of drug-likeness (QED) is 0.143. The van der Waals surface area contributed by atoms with Crippen LogP contribution in [-0.2, 0) is 13.0 Å². The van der Waals surface area contributed by atoms with Gasteiger partial charge in [-0.1, -0.05) is 78.1 Å². The fourth-order valence-corrected chi connectivity index (χ4v) is 7.55. The fourth-order valence-electron chi connectivity index (χ4n) is 5.98. The molecule has 0 N–H and O–H groups in total. The lowest BCUT2D eigenvalue weighted by molar-refractivity contribution is -0.384. The Kier molecular flexibility index (Phi) is 7.68. The Morgan fingerprint density at radius 3 is 2.64 bits per heavy atom. The molecule has 0 fully saturated rings. The summed E-state index contributed by atoms with van der Waals surface area (Å²) in [6.07, 6.45) is 3.31. The molecule has 1 aliphatic carbocycles. The van der Waals surface area contributed by atoms with Gasteiger partial charge in [0.1, 0.15) is 6.61 Å². The summed E-state index contributed by atoms with van der Waals surface area (Å²) in [5, 5.41) is 11.7. The minimum atomic E-state index is -0.512. The highest BCUT2D eigenvalue weighted by Crippen LogP contribution is 2.42. The Bertz CT molecular complexity index is 2190. The molecule has 0 radical (unpaired) electrons. The Labute approximate surface area is 270 Å². The van der Waals surface area contributed by atoms with Gasteiger partial charge >= 0.3 is 0 Å². The van der Waals surface area contributed by atoms with Crippen molar-refractivity contribution < 1.29 is 14.4 Å². The summed E-state index contributed by atoms with van der Waals surface area (Å²) in [6, 6.07) is 27.8. The Morgan fingerprint density at radius 2 is 1.84 bits per heavy atom. The highest BCUT2D eigenvalue weighted by molar-refractivity contribution is 9.10. The lowest BCUT2D eigenvalue weighted by Crippen LogP contribution is -2.38. The summed E-state index contributed by atoms with van der Waals surface area (Å²) in [5.74, 6) is 1.10. The highest BCUT2D eigenvalue weighted by atomic mass is 79.9. The van der Waals surface area contributed by atoms with Crippen LogP contribution in [0.15, 0.2) is 111 Å². The minimum Gasteiger partial charge on any atom is -0.493 e. The first-order chi connectivity index (χ1) is 21.9. The third-order valence-corrected chi connectivity index (χ3v) is 9.62. The SMILES string of the molecule is COc1cc(/C=c2\sc3n(c2=O)[C@H](c2cccc([N+](=O)[O-])c2)C2=C(N=3)c3ccccc3CC2)cc(Br)c1OCc1ccccc1. The number of non-ortho nitro benzene ring substituents is 1. The van der Waals surface area contributed by atoms with Gasteiger partial charge < -0.3 is 9.47 Å². The van der Waals surface area contributed by atoms with Gasteiger partial charge in [-0.15, -0.1) is 0 Å². The van der Waals surface area contributed by atoms with Crippen molar-refractivity contribution in [2.24, 2.45) is 4.99 Å². The first kappa shape index (κ1) is 28.9. The van der Waals surface area contributed by atoms with Crippen LogP contribution in [0, 0.1) is 10.1 Å². The summed E-state index contributed by atoms with van der Waals surface area (Å²) in [7, 11) is 1.58. The van der Waals surface area contributed by atoms with E-state index >= 15 is 0 Å². The van der Waals surface area contributed by atoms with Crippen LogP contribution in [0.2, 0.25) is 0 Å². The molecule has 2 aliphatic rings. The molecule has 0 spiro atoms. The van der Waals surface area contributed by atoms with Crippen LogP contribution < -0.4 is 24.4 Å². The molecule has 0 bridgehead atoms. The maximum absolute atomic E-state index is 14.2. The number of hydrogen-bond donors (Lipinski definition) is 0. The van der Waals surface area contributed by atoms with Gasteiger partial charge in [0.15, 0.2) is 16.3 Å². The molecule has 0 unspecified atom stereocenters. The molecule has 2 heterocycles. The monoisotopic (exact) mass is 679 g/mol. The van der Waals surface area contributed by atoms with Crippen molar-refractivity contribution in [3.8, 4) is 11.5 Å². The Morgan fingerprint density at radius 1 is 1.04 bits per heavy atom. The molecule has 224 valence electrons. The van der Waals surface area contributed by atoms with Crippen LogP contribution in [-0.4, -0.2) is 16.6 Å². The molecule has 10 heteroatoms. The zero-order chi connectivity index (χ0) is 31.1. The van der Waals surface area contributed by atoms with E-state index in [0.29, 0.717) is 43.9 Å². The molecular formula is C35H26BrN3O5S. The van der Waals surface area contributed by atoms with Crippen LogP contribution in [0.5, 0.6) is 11.5 Å². The highest BCUT2D eigenvalue weighted by Gasteiger charge is 2.33. The molecule has 1 atom stereocenters. The molecule has 1 aromatic heterocycles. The van der Waals surface area contributed by atoms with Gasteiger partial charge in [0.25, 0.3) is 11.2 Å². The van der Waals surface area contributed by atoms with Crippen LogP contribution >= 0.6 is 27.3 Å². The van der Waals surface area contributed by atoms with E-state index in [9.17, 15) is 14.9 Å². The molecule has 5 aromatic rings. The lowest BCUT2D eigenvalue weighted by Gasteiger charge is -2.30. The third-order valence-electron chi connectivity index (χ3n) is 8.05. The maximum atomic E-state index is 14.2. The number of halogens is 1. The summed E-state index contributed by atoms with van der Waals surface area (Å²) in [5.41, 5.74) is 6.29. The maximum Gasteiger partial charge on any atom is 0.271 e. The molecule has 0 saturated carbocycles. The van der Waals surface area contributed by atoms with E-state index in [1.807, 2.05) is 66.7 Å². The number of nitro groups is 1. The normalized spacial score (nSPS) is 15.5. The standard InChI is InChI=1S/C35H26BrN3O5S/c1-43-29-17-22(16-28(36)33(29)44-20-21-8-3-2-4-9-21)18-30-34(40)38-32(24-11-7-12-25(19-24)39(41)42)27-15-14-23-10-5-6-13-26(23)31(27)37-35(38)45-30/h2-13,16-19,32H,14-15,20H2,1H3/b30-18-/t32-/m1/s1. The van der Waals surface area contributed by atoms with Crippen LogP contribution in [0.3, 0.4) is 0 Å². The van der Waals surface area contributed by atoms with Crippen molar-refractivity contribution in [2.75, 3.05) is 7.11 Å². The topological polar surface area (TPSA) is 96.0 Å². The largest absolute Gasteiger partial charge is 0.493 e. The molecular weight excluding hydrogens is 654 g/mol. The summed E-state index contributed by atoms with van der Waals surface area (Å²) in [6.45, 7) is 0.374. The number of rotatable bonds is 7. The number of nitrogens with zero attached hydrogens (tertiary/aromatic N) is 3. The minimum absolute atomic E-state index is 0.0171. The van der Waals surface area contributed by atoms with Crippen molar-refractivity contribution >= 4 is 44.7 Å². The number of fused-ring (bicyclic) bond motifs is 3. The number of aryl methyl sites for hydroxylation is 1. The molecule has 4 aromatic carbocycles. The van der Waals surface area contributed by atoms with Crippen molar-refractivity contribution in [1.29, 1.82) is 0 Å². The Balaban J connectivity index is 1.35. The predicted octanol–water partition coefficient (Wildman–Crippen LogP) is 6.58. The second kappa shape index (κ2) is 11.9. The number of allylic oxidation sites excluding steroid dienone is 1. The molecule has 0 saturated heterocycles. The number of hydrogen-bond acceptors (Lipinski definition) is 7. The van der Waals surface area contributed by atoms with Crippen molar-refractivity contribution in [3.05, 3.63) is 159 Å². The average Bonchev–Trinajstić information content (AvgIpc) is 3.37. The predicted molar refractivity (Wildman–Crippen MR) is 177 cm³/mol. The van der Waals surface area contributed by atoms with Gasteiger partial charge in [-0.05, 0) is 74.8 Å². The van der Waals surface area contributed by atoms with Gasteiger partial charge in [0.05, 0.1) is 32.8 Å². The average molecular weight is 681 g/mol. The molecule has 8 nitrogen and oxygen atoms in total. The fraction of sp³-hybridized carbons (Fsp3) is 0.143. The van der Waals surface area contributed by atoms with Crippen molar-refractivity contribution in [1.82, 2.24) is 4.57 Å². The van der Waals surface area contributed by atoms with E-state index in [1.165, 1.54) is 23.0 Å². The summed E-state index contributed by atoms with van der Waals surface area (Å²) < 4.78 is 14.6. The van der Waals surface area contributed by atoms with E-state index in [1.54, 1.807) is 23.8 Å². The third kappa shape index (κ3) is 5.40. The molecule has 45 heavy (non-hydrogen) atoms. The number of thiazole rings is 1. The van der Waals surface area contributed by atoms with Gasteiger partial charge in [-0.25, -0.2) is 4.99 Å². The van der Waals surface area contributed by atoms with E-state index in [0.717, 1.165) is 34.4 Å².